The summed E-state index contributed by atoms with van der Waals surface area (Å²) < 4.78 is 0. The molecule has 0 aliphatic heterocycles. The summed E-state index contributed by atoms with van der Waals surface area (Å²) >= 11 is 0. The van der Waals surface area contributed by atoms with E-state index in [1.54, 1.807) is 21.6 Å². The van der Waals surface area contributed by atoms with Crippen molar-refractivity contribution < 1.29 is 9.59 Å². The number of hydrogen-bond acceptors (Lipinski definition) is 4. The number of hydrogen-bond donors (Lipinski definition) is 1. The Morgan fingerprint density at radius 2 is 1.18 bits per heavy atom. The van der Waals surface area contributed by atoms with Crippen LogP contribution in [0.3, 0.4) is 0 Å². The smallest absolute Gasteiger partial charge is 0.220 e. The van der Waals surface area contributed by atoms with Crippen molar-refractivity contribution in [3.05, 3.63) is 60.8 Å². The van der Waals surface area contributed by atoms with Crippen LogP contribution in [-0.2, 0) is 9.59 Å². The summed E-state index contributed by atoms with van der Waals surface area (Å²) in [5, 5.41) is 2.91. The molecular weight excluding hydrogens is 458 g/mol. The van der Waals surface area contributed by atoms with Gasteiger partial charge in [0.1, 0.15) is 5.78 Å². The molecule has 0 spiro atoms. The fourth-order valence-corrected chi connectivity index (χ4v) is 4.90. The highest BCUT2D eigenvalue weighted by Crippen LogP contribution is 2.22. The molecular formula is C29H47NO2S2. The van der Waals surface area contributed by atoms with Crippen LogP contribution >= 0.6 is 21.6 Å². The topological polar surface area (TPSA) is 46.2 Å². The molecule has 0 aliphatic rings. The molecule has 192 valence electrons. The lowest BCUT2D eigenvalue weighted by atomic mass is 10.1. The van der Waals surface area contributed by atoms with E-state index < -0.39 is 0 Å². The van der Waals surface area contributed by atoms with Gasteiger partial charge in [0, 0.05) is 37.3 Å². The quantitative estimate of drug-likeness (QED) is 0.0858. The van der Waals surface area contributed by atoms with Crippen molar-refractivity contribution in [3.63, 3.8) is 0 Å². The SMILES string of the molecule is CC/C=C\C/C=C\C/C=C\C/C=C\C/C=C\CCCC(=O)CCCSSCCNC(=O)CCC. The number of carbonyl (C=O) groups is 2. The summed E-state index contributed by atoms with van der Waals surface area (Å²) in [5.74, 6) is 2.43. The van der Waals surface area contributed by atoms with Crippen LogP contribution in [0.25, 0.3) is 0 Å². The molecule has 0 radical (unpaired) electrons. The number of ketones is 1. The molecule has 0 aliphatic carbocycles. The number of carbonyl (C=O) groups excluding carboxylic acids is 2. The first-order valence-electron chi connectivity index (χ1n) is 13.0. The normalized spacial score (nSPS) is 12.3. The number of allylic oxidation sites excluding steroid dienone is 10. The van der Waals surface area contributed by atoms with Crippen molar-refractivity contribution in [2.24, 2.45) is 0 Å². The molecule has 0 bridgehead atoms. The van der Waals surface area contributed by atoms with Gasteiger partial charge in [-0.05, 0) is 57.8 Å². The van der Waals surface area contributed by atoms with Crippen LogP contribution in [0, 0.1) is 0 Å². The van der Waals surface area contributed by atoms with Crippen molar-refractivity contribution in [2.45, 2.75) is 90.9 Å². The summed E-state index contributed by atoms with van der Waals surface area (Å²) in [6.07, 6.45) is 32.9. The first-order chi connectivity index (χ1) is 16.7. The van der Waals surface area contributed by atoms with Crippen LogP contribution in [0.15, 0.2) is 60.8 Å². The van der Waals surface area contributed by atoms with Gasteiger partial charge >= 0.3 is 0 Å². The molecule has 0 heterocycles. The number of nitrogens with one attached hydrogen (secondary N) is 1. The van der Waals surface area contributed by atoms with Crippen LogP contribution in [0.5, 0.6) is 0 Å². The van der Waals surface area contributed by atoms with Crippen LogP contribution < -0.4 is 5.32 Å². The van der Waals surface area contributed by atoms with Gasteiger partial charge in [-0.15, -0.1) is 0 Å². The average Bonchev–Trinajstić information content (AvgIpc) is 2.83. The van der Waals surface area contributed by atoms with Gasteiger partial charge in [-0.25, -0.2) is 0 Å². The van der Waals surface area contributed by atoms with E-state index in [-0.39, 0.29) is 5.91 Å². The van der Waals surface area contributed by atoms with Gasteiger partial charge in [0.05, 0.1) is 0 Å². The van der Waals surface area contributed by atoms with E-state index in [1.807, 2.05) is 6.92 Å². The van der Waals surface area contributed by atoms with Crippen LogP contribution in [0.2, 0.25) is 0 Å². The molecule has 34 heavy (non-hydrogen) atoms. The number of Topliss-reactive ketones (excluding diaryl/α,β-unsaturated/α-hetero) is 1. The number of amides is 1. The zero-order valence-corrected chi connectivity index (χ0v) is 23.1. The molecule has 3 nitrogen and oxygen atoms in total. The lowest BCUT2D eigenvalue weighted by Gasteiger charge is -2.04. The van der Waals surface area contributed by atoms with Gasteiger partial charge in [0.25, 0.3) is 0 Å². The summed E-state index contributed by atoms with van der Waals surface area (Å²) in [7, 11) is 3.57. The zero-order chi connectivity index (χ0) is 25.0. The predicted molar refractivity (Wildman–Crippen MR) is 155 cm³/mol. The zero-order valence-electron chi connectivity index (χ0n) is 21.5. The molecule has 0 rings (SSSR count). The van der Waals surface area contributed by atoms with Crippen molar-refractivity contribution in [2.75, 3.05) is 18.1 Å². The van der Waals surface area contributed by atoms with Crippen LogP contribution in [0.1, 0.15) is 90.9 Å². The van der Waals surface area contributed by atoms with Gasteiger partial charge in [-0.1, -0.05) is 96.2 Å². The Hall–Kier alpha value is -1.46. The van der Waals surface area contributed by atoms with E-state index in [0.29, 0.717) is 25.0 Å². The largest absolute Gasteiger partial charge is 0.355 e. The highest BCUT2D eigenvalue weighted by molar-refractivity contribution is 8.76. The molecule has 0 atom stereocenters. The summed E-state index contributed by atoms with van der Waals surface area (Å²) in [6.45, 7) is 4.89. The first kappa shape index (κ1) is 32.5. The van der Waals surface area contributed by atoms with E-state index in [1.165, 1.54) is 0 Å². The van der Waals surface area contributed by atoms with E-state index in [4.69, 9.17) is 0 Å². The van der Waals surface area contributed by atoms with Crippen molar-refractivity contribution >= 4 is 33.3 Å². The molecule has 0 saturated carbocycles. The summed E-state index contributed by atoms with van der Waals surface area (Å²) in [4.78, 5) is 23.3. The molecule has 0 aromatic carbocycles. The minimum absolute atomic E-state index is 0.142. The van der Waals surface area contributed by atoms with Gasteiger partial charge in [0.2, 0.25) is 5.91 Å². The second kappa shape index (κ2) is 27.8. The van der Waals surface area contributed by atoms with Gasteiger partial charge in [0.15, 0.2) is 0 Å². The Labute approximate surface area is 217 Å². The maximum Gasteiger partial charge on any atom is 0.220 e. The minimum atomic E-state index is 0.142. The number of rotatable bonds is 23. The lowest BCUT2D eigenvalue weighted by molar-refractivity contribution is -0.121. The first-order valence-corrected chi connectivity index (χ1v) is 15.5. The highest BCUT2D eigenvalue weighted by Gasteiger charge is 2.02. The highest BCUT2D eigenvalue weighted by atomic mass is 33.1. The van der Waals surface area contributed by atoms with Crippen molar-refractivity contribution in [1.82, 2.24) is 5.32 Å². The van der Waals surface area contributed by atoms with Crippen molar-refractivity contribution in [3.8, 4) is 0 Å². The fourth-order valence-electron chi connectivity index (χ4n) is 2.90. The third-order valence-corrected chi connectivity index (χ3v) is 7.23. The van der Waals surface area contributed by atoms with Gasteiger partial charge in [-0.2, -0.15) is 0 Å². The Morgan fingerprint density at radius 3 is 1.76 bits per heavy atom. The number of unbranched alkanes of at least 4 members (excludes halogenated alkanes) is 1. The molecule has 1 N–H and O–H groups in total. The standard InChI is InChI=1S/C29H47NO2S2/c1-3-5-6-7-8-9-10-11-12-13-14-15-16-17-18-19-20-23-28(31)24-21-26-33-34-27-25-30-29(32)22-4-2/h5-6,8-9,11-12,14-15,17-18H,3-4,7,10,13,16,19-27H2,1-2H3,(H,30,32)/b6-5-,9-8-,12-11-,15-14-,18-17-. The van der Waals surface area contributed by atoms with E-state index in [9.17, 15) is 9.59 Å². The molecule has 0 unspecified atom stereocenters. The molecule has 0 fully saturated rings. The van der Waals surface area contributed by atoms with E-state index in [0.717, 1.165) is 75.8 Å². The Balaban J connectivity index is 3.46. The monoisotopic (exact) mass is 505 g/mol. The second-order valence-electron chi connectivity index (χ2n) is 7.99. The lowest BCUT2D eigenvalue weighted by Crippen LogP contribution is -2.24. The van der Waals surface area contributed by atoms with E-state index in [2.05, 4.69) is 73.0 Å². The molecule has 0 aromatic heterocycles. The van der Waals surface area contributed by atoms with Crippen LogP contribution in [-0.4, -0.2) is 29.7 Å². The van der Waals surface area contributed by atoms with Gasteiger partial charge < -0.3 is 5.32 Å². The van der Waals surface area contributed by atoms with E-state index >= 15 is 0 Å². The Morgan fingerprint density at radius 1 is 0.647 bits per heavy atom. The molecule has 5 heteroatoms. The minimum Gasteiger partial charge on any atom is -0.355 e. The van der Waals surface area contributed by atoms with Crippen LogP contribution in [0.4, 0.5) is 0 Å². The Kier molecular flexibility index (Phi) is 26.6. The third-order valence-electron chi connectivity index (χ3n) is 4.74. The Bertz CT molecular complexity index is 636. The second-order valence-corrected chi connectivity index (χ2v) is 10.7. The summed E-state index contributed by atoms with van der Waals surface area (Å²) in [6, 6.07) is 0. The maximum atomic E-state index is 12.0. The maximum absolute atomic E-state index is 12.0. The third kappa shape index (κ3) is 26.8. The fraction of sp³-hybridized carbons (Fsp3) is 0.586. The molecule has 0 saturated heterocycles. The summed E-state index contributed by atoms with van der Waals surface area (Å²) in [5.41, 5.74) is 0. The predicted octanol–water partition coefficient (Wildman–Crippen LogP) is 8.56. The molecule has 1 amide bonds. The average molecular weight is 506 g/mol. The molecule has 0 aromatic rings. The van der Waals surface area contributed by atoms with Crippen molar-refractivity contribution in [1.29, 1.82) is 0 Å². The van der Waals surface area contributed by atoms with Gasteiger partial charge in [-0.3, -0.25) is 9.59 Å².